The maximum absolute atomic E-state index is 12.3. The quantitative estimate of drug-likeness (QED) is 0.452. The van der Waals surface area contributed by atoms with Crippen LogP contribution < -0.4 is 4.18 Å². The van der Waals surface area contributed by atoms with Crippen LogP contribution in [0.3, 0.4) is 0 Å². The fourth-order valence-electron chi connectivity index (χ4n) is 1.76. The second-order valence-electron chi connectivity index (χ2n) is 5.87. The van der Waals surface area contributed by atoms with Crippen LogP contribution in [0.15, 0.2) is 24.3 Å². The van der Waals surface area contributed by atoms with E-state index in [2.05, 4.69) is 4.18 Å². The number of hydrogen-bond acceptors (Lipinski definition) is 5. The van der Waals surface area contributed by atoms with Gasteiger partial charge in [-0.2, -0.15) is 26.9 Å². The summed E-state index contributed by atoms with van der Waals surface area (Å²) in [5.41, 5.74) is -6.40. The van der Waals surface area contributed by atoms with Crippen LogP contribution in [0, 0.1) is 11.3 Å². The number of benzene rings is 1. The molecule has 0 saturated carbocycles. The van der Waals surface area contributed by atoms with Crippen LogP contribution in [-0.4, -0.2) is 22.2 Å². The highest BCUT2D eigenvalue weighted by Gasteiger charge is 2.48. The molecule has 5 nitrogen and oxygen atoms in total. The summed E-state index contributed by atoms with van der Waals surface area (Å²) in [4.78, 5) is 0. The minimum absolute atomic E-state index is 0.388. The average Bonchev–Trinajstić information content (AvgIpc) is 2.35. The van der Waals surface area contributed by atoms with Crippen molar-refractivity contribution < 1.29 is 30.2 Å². The maximum Gasteiger partial charge on any atom is 0.534 e. The lowest BCUT2D eigenvalue weighted by molar-refractivity contribution is -0.0500. The van der Waals surface area contributed by atoms with Crippen LogP contribution >= 0.6 is 0 Å². The molecule has 0 saturated heterocycles. The Morgan fingerprint density at radius 3 is 1.96 bits per heavy atom. The van der Waals surface area contributed by atoms with Crippen molar-refractivity contribution in [2.24, 2.45) is 0 Å². The second-order valence-corrected chi connectivity index (χ2v) is 11.8. The molecule has 0 fully saturated rings. The van der Waals surface area contributed by atoms with Crippen molar-refractivity contribution in [3.8, 4) is 11.8 Å². The predicted molar refractivity (Wildman–Crippen MR) is 79.4 cm³/mol. The Hall–Kier alpha value is -1.57. The lowest BCUT2D eigenvalue weighted by atomic mass is 9.98. The summed E-state index contributed by atoms with van der Waals surface area (Å²) in [5, 5.41) is 9.34. The Bertz CT molecular complexity index is 705. The summed E-state index contributed by atoms with van der Waals surface area (Å²) in [6.45, 7) is 7.19. The molecule has 128 valence electrons. The highest BCUT2D eigenvalue weighted by atomic mass is 32.2. The molecule has 0 aliphatic rings. The van der Waals surface area contributed by atoms with E-state index in [0.29, 0.717) is 5.56 Å². The highest BCUT2D eigenvalue weighted by molar-refractivity contribution is 7.88. The summed E-state index contributed by atoms with van der Waals surface area (Å²) < 4.78 is 68.4. The Morgan fingerprint density at radius 2 is 1.61 bits per heavy atom. The molecule has 1 aromatic carbocycles. The van der Waals surface area contributed by atoms with Gasteiger partial charge in [-0.15, -0.1) is 0 Å². The molecule has 1 atom stereocenters. The molecule has 0 amide bonds. The van der Waals surface area contributed by atoms with E-state index in [0.717, 1.165) is 12.1 Å². The minimum atomic E-state index is -5.72. The normalized spacial score (nSPS) is 15.6. The first-order chi connectivity index (χ1) is 10.2. The van der Waals surface area contributed by atoms with Crippen molar-refractivity contribution in [2.45, 2.75) is 37.7 Å². The summed E-state index contributed by atoms with van der Waals surface area (Å²) in [5.74, 6) is -0.501. The van der Waals surface area contributed by atoms with Gasteiger partial charge in [0.25, 0.3) is 0 Å². The zero-order valence-electron chi connectivity index (χ0n) is 12.9. The van der Waals surface area contributed by atoms with Gasteiger partial charge in [-0.1, -0.05) is 12.1 Å². The molecule has 0 aliphatic carbocycles. The van der Waals surface area contributed by atoms with Crippen LogP contribution in [0.5, 0.6) is 5.75 Å². The molecule has 0 radical (unpaired) electrons. The van der Waals surface area contributed by atoms with Crippen molar-refractivity contribution in [1.29, 1.82) is 5.26 Å². The number of rotatable bonds is 5. The van der Waals surface area contributed by atoms with Gasteiger partial charge in [0.05, 0.1) is 0 Å². The summed E-state index contributed by atoms with van der Waals surface area (Å²) >= 11 is 0. The molecule has 0 spiro atoms. The molecular formula is C13H16F3NO4SSi. The van der Waals surface area contributed by atoms with E-state index in [1.165, 1.54) is 19.1 Å². The van der Waals surface area contributed by atoms with E-state index in [4.69, 9.17) is 4.43 Å². The van der Waals surface area contributed by atoms with Gasteiger partial charge in [0, 0.05) is 0 Å². The molecule has 0 bridgehead atoms. The Morgan fingerprint density at radius 1 is 1.13 bits per heavy atom. The Balaban J connectivity index is 3.08. The van der Waals surface area contributed by atoms with Gasteiger partial charge in [-0.05, 0) is 44.3 Å². The maximum atomic E-state index is 12.3. The molecule has 0 aromatic heterocycles. The number of hydrogen-bond donors (Lipinski definition) is 0. The van der Waals surface area contributed by atoms with Crippen LogP contribution in [0.2, 0.25) is 19.6 Å². The summed E-state index contributed by atoms with van der Waals surface area (Å²) in [6.07, 6.45) is 0. The molecule has 0 N–H and O–H groups in total. The third kappa shape index (κ3) is 4.95. The fourth-order valence-corrected chi connectivity index (χ4v) is 3.61. The second kappa shape index (κ2) is 6.14. The smallest absolute Gasteiger partial charge is 0.397 e. The number of halogens is 3. The highest BCUT2D eigenvalue weighted by Crippen LogP contribution is 2.31. The third-order valence-electron chi connectivity index (χ3n) is 2.62. The molecule has 0 unspecified atom stereocenters. The monoisotopic (exact) mass is 367 g/mol. The van der Waals surface area contributed by atoms with Crippen molar-refractivity contribution in [3.63, 3.8) is 0 Å². The molecule has 23 heavy (non-hydrogen) atoms. The van der Waals surface area contributed by atoms with Crippen molar-refractivity contribution in [1.82, 2.24) is 0 Å². The number of nitrogens with zero attached hydrogens (tertiary/aromatic N) is 1. The fraction of sp³-hybridized carbons (Fsp3) is 0.462. The van der Waals surface area contributed by atoms with Gasteiger partial charge >= 0.3 is 15.6 Å². The topological polar surface area (TPSA) is 76.4 Å². The van der Waals surface area contributed by atoms with Crippen LogP contribution in [0.1, 0.15) is 12.5 Å². The molecule has 0 aliphatic heterocycles. The number of alkyl halides is 3. The largest absolute Gasteiger partial charge is 0.534 e. The third-order valence-corrected chi connectivity index (χ3v) is 4.62. The van der Waals surface area contributed by atoms with Crippen molar-refractivity contribution in [3.05, 3.63) is 29.8 Å². The summed E-state index contributed by atoms with van der Waals surface area (Å²) in [6, 6.07) is 6.70. The van der Waals surface area contributed by atoms with E-state index in [1.54, 1.807) is 0 Å². The van der Waals surface area contributed by atoms with E-state index in [9.17, 15) is 26.9 Å². The van der Waals surface area contributed by atoms with Gasteiger partial charge in [0.15, 0.2) is 13.9 Å². The van der Waals surface area contributed by atoms with E-state index >= 15 is 0 Å². The zero-order valence-corrected chi connectivity index (χ0v) is 14.7. The van der Waals surface area contributed by atoms with Crippen molar-refractivity contribution in [2.75, 3.05) is 0 Å². The standard InChI is InChI=1S/C13H16F3NO4SSi/c1-12(9-17,21-23(2,3)4)10-5-7-11(8-6-10)20-22(18,19)13(14,15)16/h5-8H,1-4H3/t12-/m0/s1. The first-order valence-electron chi connectivity index (χ1n) is 6.43. The molecule has 0 heterocycles. The Labute approximate surface area is 133 Å². The van der Waals surface area contributed by atoms with Crippen LogP contribution in [0.25, 0.3) is 0 Å². The van der Waals surface area contributed by atoms with E-state index in [1.807, 2.05) is 25.7 Å². The lowest BCUT2D eigenvalue weighted by Crippen LogP contribution is -2.37. The predicted octanol–water partition coefficient (Wildman–Crippen LogP) is 3.51. The average molecular weight is 367 g/mol. The van der Waals surface area contributed by atoms with Gasteiger partial charge in [0.2, 0.25) is 0 Å². The van der Waals surface area contributed by atoms with Crippen LogP contribution in [0.4, 0.5) is 13.2 Å². The van der Waals surface area contributed by atoms with E-state index < -0.39 is 35.3 Å². The van der Waals surface area contributed by atoms with Crippen LogP contribution in [-0.2, 0) is 20.1 Å². The van der Waals surface area contributed by atoms with E-state index in [-0.39, 0.29) is 0 Å². The molecular weight excluding hydrogens is 351 g/mol. The lowest BCUT2D eigenvalue weighted by Gasteiger charge is -2.30. The molecule has 1 rings (SSSR count). The van der Waals surface area contributed by atoms with Gasteiger partial charge in [-0.3, -0.25) is 0 Å². The van der Waals surface area contributed by atoms with Gasteiger partial charge in [0.1, 0.15) is 11.8 Å². The molecule has 1 aromatic rings. The zero-order chi connectivity index (χ0) is 18.1. The SMILES string of the molecule is C[C@@](C#N)(O[Si](C)(C)C)c1ccc(OS(=O)(=O)C(F)(F)F)cc1. The number of nitriles is 1. The van der Waals surface area contributed by atoms with Crippen molar-refractivity contribution >= 4 is 18.4 Å². The first-order valence-corrected chi connectivity index (χ1v) is 11.2. The van der Waals surface area contributed by atoms with Gasteiger partial charge in [-0.25, -0.2) is 0 Å². The minimum Gasteiger partial charge on any atom is -0.397 e. The Kier molecular flexibility index (Phi) is 5.20. The van der Waals surface area contributed by atoms with Gasteiger partial charge < -0.3 is 8.61 Å². The molecule has 10 heteroatoms. The summed E-state index contributed by atoms with van der Waals surface area (Å²) in [7, 11) is -7.79. The first kappa shape index (κ1) is 19.5.